The van der Waals surface area contributed by atoms with Crippen LogP contribution in [0.1, 0.15) is 10.4 Å². The monoisotopic (exact) mass is 283 g/mol. The summed E-state index contributed by atoms with van der Waals surface area (Å²) in [5, 5.41) is 11.8. The minimum Gasteiger partial charge on any atom is -0.506 e. The van der Waals surface area contributed by atoms with Crippen LogP contribution in [0.4, 0.5) is 14.5 Å². The first-order chi connectivity index (χ1) is 8.97. The number of phenols is 1. The maximum absolute atomic E-state index is 13.4. The van der Waals surface area contributed by atoms with Crippen LogP contribution < -0.4 is 5.32 Å². The molecular weight excluding hydrogens is 276 g/mol. The van der Waals surface area contributed by atoms with Gasteiger partial charge in [-0.15, -0.1) is 0 Å². The lowest BCUT2D eigenvalue weighted by Gasteiger charge is -2.07. The van der Waals surface area contributed by atoms with Gasteiger partial charge in [-0.1, -0.05) is 11.6 Å². The molecule has 0 aliphatic carbocycles. The highest BCUT2D eigenvalue weighted by molar-refractivity contribution is 6.32. The number of nitrogens with one attached hydrogen (secondary N) is 1. The number of amides is 1. The van der Waals surface area contributed by atoms with E-state index in [1.807, 2.05) is 0 Å². The van der Waals surface area contributed by atoms with Gasteiger partial charge in [0.05, 0.1) is 10.6 Å². The van der Waals surface area contributed by atoms with Gasteiger partial charge in [-0.3, -0.25) is 4.79 Å². The van der Waals surface area contributed by atoms with E-state index in [0.717, 1.165) is 18.2 Å². The number of carbonyl (C=O) groups is 1. The van der Waals surface area contributed by atoms with E-state index in [0.29, 0.717) is 0 Å². The van der Waals surface area contributed by atoms with Crippen molar-refractivity contribution < 1.29 is 18.7 Å². The molecule has 1 amide bonds. The third-order valence-corrected chi connectivity index (χ3v) is 2.70. The summed E-state index contributed by atoms with van der Waals surface area (Å²) >= 11 is 5.61. The summed E-state index contributed by atoms with van der Waals surface area (Å²) in [6.45, 7) is 0. The third-order valence-electron chi connectivity index (χ3n) is 2.38. The van der Waals surface area contributed by atoms with Gasteiger partial charge in [-0.05, 0) is 30.3 Å². The quantitative estimate of drug-likeness (QED) is 0.885. The van der Waals surface area contributed by atoms with Gasteiger partial charge in [-0.25, -0.2) is 8.78 Å². The van der Waals surface area contributed by atoms with Crippen molar-refractivity contribution in [3.63, 3.8) is 0 Å². The van der Waals surface area contributed by atoms with E-state index in [4.69, 9.17) is 11.6 Å². The van der Waals surface area contributed by atoms with Crippen LogP contribution >= 0.6 is 11.6 Å². The Morgan fingerprint density at radius 2 is 1.89 bits per heavy atom. The molecule has 0 spiro atoms. The van der Waals surface area contributed by atoms with Crippen LogP contribution in [0.2, 0.25) is 5.02 Å². The van der Waals surface area contributed by atoms with E-state index in [9.17, 15) is 18.7 Å². The molecule has 2 aromatic rings. The Morgan fingerprint density at radius 1 is 1.16 bits per heavy atom. The number of anilines is 1. The van der Waals surface area contributed by atoms with Crippen LogP contribution in [0.15, 0.2) is 36.4 Å². The lowest BCUT2D eigenvalue weighted by Crippen LogP contribution is -2.14. The lowest BCUT2D eigenvalue weighted by molar-refractivity contribution is 0.102. The van der Waals surface area contributed by atoms with E-state index in [2.05, 4.69) is 5.32 Å². The number of phenolic OH excluding ortho intramolecular Hbond substituents is 1. The summed E-state index contributed by atoms with van der Waals surface area (Å²) < 4.78 is 26.3. The summed E-state index contributed by atoms with van der Waals surface area (Å²) in [6, 6.07) is 6.58. The highest BCUT2D eigenvalue weighted by Gasteiger charge is 2.13. The number of aromatic hydroxyl groups is 1. The third kappa shape index (κ3) is 3.00. The first-order valence-corrected chi connectivity index (χ1v) is 5.60. The molecule has 98 valence electrons. The summed E-state index contributed by atoms with van der Waals surface area (Å²) in [6.07, 6.45) is 0. The van der Waals surface area contributed by atoms with Crippen molar-refractivity contribution >= 4 is 23.2 Å². The minimum absolute atomic E-state index is 0.120. The van der Waals surface area contributed by atoms with Gasteiger partial charge in [0.25, 0.3) is 5.91 Å². The van der Waals surface area contributed by atoms with Crippen molar-refractivity contribution in [3.05, 3.63) is 58.6 Å². The molecular formula is C13H8ClF2NO2. The Bertz CT molecular complexity index is 647. The number of hydrogen-bond acceptors (Lipinski definition) is 2. The van der Waals surface area contributed by atoms with E-state index in [1.165, 1.54) is 18.2 Å². The Balaban J connectivity index is 2.25. The molecule has 0 aromatic heterocycles. The topological polar surface area (TPSA) is 49.3 Å². The lowest BCUT2D eigenvalue weighted by atomic mass is 10.2. The molecule has 0 heterocycles. The predicted molar refractivity (Wildman–Crippen MR) is 67.4 cm³/mol. The van der Waals surface area contributed by atoms with Gasteiger partial charge in [0.15, 0.2) is 0 Å². The largest absolute Gasteiger partial charge is 0.506 e. The minimum atomic E-state index is -0.836. The smallest absolute Gasteiger partial charge is 0.258 e. The molecule has 0 saturated heterocycles. The van der Waals surface area contributed by atoms with Crippen LogP contribution in [-0.4, -0.2) is 11.0 Å². The van der Waals surface area contributed by atoms with Crippen LogP contribution in [0.3, 0.4) is 0 Å². The normalized spacial score (nSPS) is 10.3. The fourth-order valence-electron chi connectivity index (χ4n) is 1.46. The molecule has 0 atom stereocenters. The van der Waals surface area contributed by atoms with Gasteiger partial charge >= 0.3 is 0 Å². The van der Waals surface area contributed by atoms with Crippen molar-refractivity contribution in [3.8, 4) is 5.75 Å². The van der Waals surface area contributed by atoms with Crippen LogP contribution in [0.25, 0.3) is 0 Å². The number of carbonyl (C=O) groups excluding carboxylic acids is 1. The van der Waals surface area contributed by atoms with Crippen molar-refractivity contribution in [1.29, 1.82) is 0 Å². The Labute approximate surface area is 112 Å². The molecule has 0 bridgehead atoms. The van der Waals surface area contributed by atoms with Crippen LogP contribution in [-0.2, 0) is 0 Å². The molecule has 0 aliphatic heterocycles. The highest BCUT2D eigenvalue weighted by atomic mass is 35.5. The average Bonchev–Trinajstić information content (AvgIpc) is 2.36. The van der Waals surface area contributed by atoms with Crippen LogP contribution in [0, 0.1) is 11.6 Å². The first-order valence-electron chi connectivity index (χ1n) is 5.22. The van der Waals surface area contributed by atoms with Crippen molar-refractivity contribution in [2.75, 3.05) is 5.32 Å². The van der Waals surface area contributed by atoms with Crippen molar-refractivity contribution in [2.45, 2.75) is 0 Å². The molecule has 2 rings (SSSR count). The average molecular weight is 284 g/mol. The van der Waals surface area contributed by atoms with E-state index in [-0.39, 0.29) is 16.5 Å². The zero-order valence-corrected chi connectivity index (χ0v) is 10.2. The molecule has 0 unspecified atom stereocenters. The van der Waals surface area contributed by atoms with E-state index < -0.39 is 23.1 Å². The van der Waals surface area contributed by atoms with Crippen LogP contribution in [0.5, 0.6) is 5.75 Å². The van der Waals surface area contributed by atoms with Gasteiger partial charge < -0.3 is 10.4 Å². The molecule has 0 radical (unpaired) electrons. The summed E-state index contributed by atoms with van der Waals surface area (Å²) in [4.78, 5) is 11.8. The number of benzene rings is 2. The Hall–Kier alpha value is -2.14. The summed E-state index contributed by atoms with van der Waals surface area (Å²) in [7, 11) is 0. The fourth-order valence-corrected chi connectivity index (χ4v) is 1.58. The molecule has 3 nitrogen and oxygen atoms in total. The fraction of sp³-hybridized carbons (Fsp3) is 0. The molecule has 0 saturated carbocycles. The second kappa shape index (κ2) is 5.24. The molecule has 0 aliphatic rings. The predicted octanol–water partition coefficient (Wildman–Crippen LogP) is 3.58. The SMILES string of the molecule is O=C(Nc1ccc(Cl)c(O)c1)c1cc(F)ccc1F. The zero-order chi connectivity index (χ0) is 14.0. The summed E-state index contributed by atoms with van der Waals surface area (Å²) in [5.74, 6) is -2.60. The van der Waals surface area contributed by atoms with E-state index >= 15 is 0 Å². The number of halogens is 3. The second-order valence-electron chi connectivity index (χ2n) is 3.74. The van der Waals surface area contributed by atoms with E-state index in [1.54, 1.807) is 0 Å². The van der Waals surface area contributed by atoms with Crippen molar-refractivity contribution in [2.24, 2.45) is 0 Å². The number of hydrogen-bond donors (Lipinski definition) is 2. The Morgan fingerprint density at radius 3 is 2.58 bits per heavy atom. The Kier molecular flexibility index (Phi) is 3.66. The second-order valence-corrected chi connectivity index (χ2v) is 4.15. The maximum atomic E-state index is 13.4. The van der Waals surface area contributed by atoms with Gasteiger partial charge in [0.2, 0.25) is 0 Å². The molecule has 0 fully saturated rings. The van der Waals surface area contributed by atoms with Crippen molar-refractivity contribution in [1.82, 2.24) is 0 Å². The zero-order valence-electron chi connectivity index (χ0n) is 9.45. The molecule has 19 heavy (non-hydrogen) atoms. The van der Waals surface area contributed by atoms with Gasteiger partial charge in [0, 0.05) is 11.8 Å². The van der Waals surface area contributed by atoms with Gasteiger partial charge in [-0.2, -0.15) is 0 Å². The molecule has 2 N–H and O–H groups in total. The maximum Gasteiger partial charge on any atom is 0.258 e. The first kappa shape index (κ1) is 13.3. The number of rotatable bonds is 2. The standard InChI is InChI=1S/C13H8ClF2NO2/c14-10-3-2-8(6-12(10)18)17-13(19)9-5-7(15)1-4-11(9)16/h1-6,18H,(H,17,19). The highest BCUT2D eigenvalue weighted by Crippen LogP contribution is 2.26. The molecule has 2 aromatic carbocycles. The summed E-state index contributed by atoms with van der Waals surface area (Å²) in [5.41, 5.74) is -0.204. The van der Waals surface area contributed by atoms with Gasteiger partial charge in [0.1, 0.15) is 17.4 Å². The molecule has 6 heteroatoms.